The summed E-state index contributed by atoms with van der Waals surface area (Å²) < 4.78 is 5.74. The number of carbonyl (C=O) groups is 1. The van der Waals surface area contributed by atoms with Gasteiger partial charge in [0.25, 0.3) is 11.6 Å². The van der Waals surface area contributed by atoms with Crippen LogP contribution in [0.5, 0.6) is 5.75 Å². The number of carbonyl (C=O) groups excluding carboxylic acids is 1. The standard InChI is InChI=1S/C18H20N2O4/c1-11-6-5-7-17(13(11)3)24-14(4)18(21)19-16-9-8-15(20(22)23)10-12(16)2/h5-10,14H,1-4H3,(H,19,21). The Morgan fingerprint density at radius 1 is 1.17 bits per heavy atom. The summed E-state index contributed by atoms with van der Waals surface area (Å²) in [4.78, 5) is 22.6. The van der Waals surface area contributed by atoms with Crippen molar-refractivity contribution in [2.24, 2.45) is 0 Å². The molecule has 24 heavy (non-hydrogen) atoms. The minimum Gasteiger partial charge on any atom is -0.481 e. The molecule has 2 aromatic rings. The number of non-ortho nitro benzene ring substituents is 1. The third-order valence-electron chi connectivity index (χ3n) is 3.91. The van der Waals surface area contributed by atoms with Crippen LogP contribution in [0.15, 0.2) is 36.4 Å². The molecule has 0 radical (unpaired) electrons. The molecule has 0 fully saturated rings. The summed E-state index contributed by atoms with van der Waals surface area (Å²) in [5.74, 6) is 0.353. The maximum absolute atomic E-state index is 12.3. The van der Waals surface area contributed by atoms with Gasteiger partial charge in [-0.25, -0.2) is 0 Å². The van der Waals surface area contributed by atoms with Gasteiger partial charge in [0, 0.05) is 17.8 Å². The quantitative estimate of drug-likeness (QED) is 0.666. The van der Waals surface area contributed by atoms with Gasteiger partial charge in [-0.05, 0) is 56.5 Å². The molecule has 0 aromatic heterocycles. The van der Waals surface area contributed by atoms with Crippen LogP contribution in [0.4, 0.5) is 11.4 Å². The number of nitro groups is 1. The highest BCUT2D eigenvalue weighted by atomic mass is 16.6. The molecule has 0 aliphatic carbocycles. The van der Waals surface area contributed by atoms with Gasteiger partial charge in [0.05, 0.1) is 4.92 Å². The van der Waals surface area contributed by atoms with E-state index in [1.54, 1.807) is 13.8 Å². The van der Waals surface area contributed by atoms with Gasteiger partial charge in [0.15, 0.2) is 6.10 Å². The SMILES string of the molecule is Cc1cc([N+](=O)[O-])ccc1NC(=O)C(C)Oc1cccc(C)c1C. The zero-order chi connectivity index (χ0) is 17.9. The average Bonchev–Trinajstić information content (AvgIpc) is 2.53. The molecule has 126 valence electrons. The fraction of sp³-hybridized carbons (Fsp3) is 0.278. The number of anilines is 1. The average molecular weight is 328 g/mol. The van der Waals surface area contributed by atoms with Crippen LogP contribution in [0.2, 0.25) is 0 Å². The Labute approximate surface area is 140 Å². The topological polar surface area (TPSA) is 81.5 Å². The van der Waals surface area contributed by atoms with Crippen molar-refractivity contribution in [2.45, 2.75) is 33.8 Å². The Bertz CT molecular complexity index is 787. The van der Waals surface area contributed by atoms with Crippen LogP contribution in [0.1, 0.15) is 23.6 Å². The molecule has 2 rings (SSSR count). The summed E-state index contributed by atoms with van der Waals surface area (Å²) in [5.41, 5.74) is 3.22. The summed E-state index contributed by atoms with van der Waals surface area (Å²) in [6, 6.07) is 9.99. The van der Waals surface area contributed by atoms with E-state index < -0.39 is 11.0 Å². The van der Waals surface area contributed by atoms with E-state index in [0.717, 1.165) is 11.1 Å². The van der Waals surface area contributed by atoms with Gasteiger partial charge >= 0.3 is 0 Å². The molecule has 1 amide bonds. The normalized spacial score (nSPS) is 11.7. The van der Waals surface area contributed by atoms with Crippen molar-refractivity contribution in [1.29, 1.82) is 0 Å². The maximum atomic E-state index is 12.3. The van der Waals surface area contributed by atoms with Crippen molar-refractivity contribution in [3.05, 3.63) is 63.2 Å². The minimum absolute atomic E-state index is 0.00909. The largest absolute Gasteiger partial charge is 0.481 e. The first-order valence-electron chi connectivity index (χ1n) is 7.58. The highest BCUT2D eigenvalue weighted by Gasteiger charge is 2.18. The lowest BCUT2D eigenvalue weighted by atomic mass is 10.1. The summed E-state index contributed by atoms with van der Waals surface area (Å²) in [5, 5.41) is 13.5. The van der Waals surface area contributed by atoms with Crippen molar-refractivity contribution < 1.29 is 14.5 Å². The van der Waals surface area contributed by atoms with Crippen molar-refractivity contribution in [1.82, 2.24) is 0 Å². The molecule has 0 saturated heterocycles. The van der Waals surface area contributed by atoms with Gasteiger partial charge in [0.1, 0.15) is 5.75 Å². The molecular formula is C18H20N2O4. The fourth-order valence-electron chi connectivity index (χ4n) is 2.23. The van der Waals surface area contributed by atoms with Crippen LogP contribution in [0.3, 0.4) is 0 Å². The number of aryl methyl sites for hydroxylation is 2. The van der Waals surface area contributed by atoms with Crippen LogP contribution in [0.25, 0.3) is 0 Å². The number of hydrogen-bond acceptors (Lipinski definition) is 4. The lowest BCUT2D eigenvalue weighted by Gasteiger charge is -2.17. The highest BCUT2D eigenvalue weighted by molar-refractivity contribution is 5.94. The number of rotatable bonds is 5. The third-order valence-corrected chi connectivity index (χ3v) is 3.91. The smallest absolute Gasteiger partial charge is 0.269 e. The fourth-order valence-corrected chi connectivity index (χ4v) is 2.23. The number of benzene rings is 2. The molecule has 0 spiro atoms. The van der Waals surface area contributed by atoms with Crippen molar-refractivity contribution in [2.75, 3.05) is 5.32 Å². The molecule has 2 aromatic carbocycles. The second kappa shape index (κ2) is 7.12. The Balaban J connectivity index is 2.09. The molecular weight excluding hydrogens is 308 g/mol. The Morgan fingerprint density at radius 3 is 2.50 bits per heavy atom. The molecule has 6 nitrogen and oxygen atoms in total. The molecule has 0 bridgehead atoms. The van der Waals surface area contributed by atoms with E-state index in [4.69, 9.17) is 4.74 Å². The Hall–Kier alpha value is -2.89. The third kappa shape index (κ3) is 3.90. The van der Waals surface area contributed by atoms with E-state index in [2.05, 4.69) is 5.32 Å². The zero-order valence-corrected chi connectivity index (χ0v) is 14.1. The number of amides is 1. The molecule has 1 atom stereocenters. The first kappa shape index (κ1) is 17.5. The van der Waals surface area contributed by atoms with Gasteiger partial charge in [0.2, 0.25) is 0 Å². The molecule has 0 aliphatic rings. The van der Waals surface area contributed by atoms with Gasteiger partial charge in [-0.1, -0.05) is 12.1 Å². The predicted molar refractivity (Wildman–Crippen MR) is 92.5 cm³/mol. The molecule has 1 unspecified atom stereocenters. The lowest BCUT2D eigenvalue weighted by Crippen LogP contribution is -2.30. The van der Waals surface area contributed by atoms with Crippen LogP contribution in [-0.2, 0) is 4.79 Å². The number of nitrogens with zero attached hydrogens (tertiary/aromatic N) is 1. The lowest BCUT2D eigenvalue weighted by molar-refractivity contribution is -0.384. The minimum atomic E-state index is -0.694. The van der Waals surface area contributed by atoms with Crippen LogP contribution in [-0.4, -0.2) is 16.9 Å². The maximum Gasteiger partial charge on any atom is 0.269 e. The van der Waals surface area contributed by atoms with Crippen molar-refractivity contribution in [3.8, 4) is 5.75 Å². The monoisotopic (exact) mass is 328 g/mol. The summed E-state index contributed by atoms with van der Waals surface area (Å²) in [6.07, 6.45) is -0.694. The first-order chi connectivity index (χ1) is 11.3. The zero-order valence-electron chi connectivity index (χ0n) is 14.1. The molecule has 1 N–H and O–H groups in total. The van der Waals surface area contributed by atoms with Crippen molar-refractivity contribution in [3.63, 3.8) is 0 Å². The molecule has 0 heterocycles. The Kier molecular flexibility index (Phi) is 5.18. The Morgan fingerprint density at radius 2 is 1.88 bits per heavy atom. The van der Waals surface area contributed by atoms with E-state index in [9.17, 15) is 14.9 Å². The second-order valence-corrected chi connectivity index (χ2v) is 5.70. The molecule has 6 heteroatoms. The van der Waals surface area contributed by atoms with Crippen LogP contribution >= 0.6 is 0 Å². The van der Waals surface area contributed by atoms with E-state index >= 15 is 0 Å². The number of nitrogens with one attached hydrogen (secondary N) is 1. The van der Waals surface area contributed by atoms with Gasteiger partial charge < -0.3 is 10.1 Å². The molecule has 0 saturated carbocycles. The van der Waals surface area contributed by atoms with Gasteiger partial charge in [-0.2, -0.15) is 0 Å². The number of nitro benzene ring substituents is 1. The van der Waals surface area contributed by atoms with Gasteiger partial charge in [-0.15, -0.1) is 0 Å². The second-order valence-electron chi connectivity index (χ2n) is 5.70. The molecule has 0 aliphatic heterocycles. The van der Waals surface area contributed by atoms with E-state index in [1.165, 1.54) is 18.2 Å². The van der Waals surface area contributed by atoms with Gasteiger partial charge in [-0.3, -0.25) is 14.9 Å². The van der Waals surface area contributed by atoms with Crippen molar-refractivity contribution >= 4 is 17.3 Å². The van der Waals surface area contributed by atoms with Crippen LogP contribution in [0, 0.1) is 30.9 Å². The van der Waals surface area contributed by atoms with E-state index in [0.29, 0.717) is 17.0 Å². The summed E-state index contributed by atoms with van der Waals surface area (Å²) in [6.45, 7) is 7.29. The summed E-state index contributed by atoms with van der Waals surface area (Å²) >= 11 is 0. The van der Waals surface area contributed by atoms with Crippen LogP contribution < -0.4 is 10.1 Å². The summed E-state index contributed by atoms with van der Waals surface area (Å²) in [7, 11) is 0. The van der Waals surface area contributed by atoms with E-state index in [1.807, 2.05) is 32.0 Å². The number of hydrogen-bond donors (Lipinski definition) is 1. The first-order valence-corrected chi connectivity index (χ1v) is 7.58. The predicted octanol–water partition coefficient (Wildman–Crippen LogP) is 3.93. The number of ether oxygens (including phenoxy) is 1. The highest BCUT2D eigenvalue weighted by Crippen LogP contribution is 2.23. The van der Waals surface area contributed by atoms with E-state index in [-0.39, 0.29) is 11.6 Å².